The minimum Gasteiger partial charge on any atom is -0.359 e. The first kappa shape index (κ1) is 12.7. The molecule has 3 rings (SSSR count). The Morgan fingerprint density at radius 3 is 2.95 bits per heavy atom. The normalized spacial score (nSPS) is 25.4. The summed E-state index contributed by atoms with van der Waals surface area (Å²) in [7, 11) is 0. The van der Waals surface area contributed by atoms with Crippen LogP contribution in [0.2, 0.25) is 0 Å². The Labute approximate surface area is 113 Å². The molecule has 0 aromatic carbocycles. The van der Waals surface area contributed by atoms with Gasteiger partial charge in [0.1, 0.15) is 0 Å². The molecular formula is C14H21N3O2. The van der Waals surface area contributed by atoms with Crippen LogP contribution in [-0.4, -0.2) is 35.6 Å². The second kappa shape index (κ2) is 4.96. The predicted octanol–water partition coefficient (Wildman–Crippen LogP) is 1.50. The molecule has 2 aliphatic heterocycles. The highest BCUT2D eigenvalue weighted by molar-refractivity contribution is 5.79. The Kier molecular flexibility index (Phi) is 3.31. The van der Waals surface area contributed by atoms with E-state index in [1.165, 1.54) is 0 Å². The van der Waals surface area contributed by atoms with Gasteiger partial charge in [0.2, 0.25) is 5.91 Å². The summed E-state index contributed by atoms with van der Waals surface area (Å²) in [4.78, 5) is 14.6. The van der Waals surface area contributed by atoms with Crippen LogP contribution in [-0.2, 0) is 4.79 Å². The molecule has 5 heteroatoms. The van der Waals surface area contributed by atoms with Crippen LogP contribution in [0.3, 0.4) is 0 Å². The van der Waals surface area contributed by atoms with Gasteiger partial charge in [-0.3, -0.25) is 4.79 Å². The zero-order valence-corrected chi connectivity index (χ0v) is 11.6. The predicted molar refractivity (Wildman–Crippen MR) is 70.5 cm³/mol. The van der Waals surface area contributed by atoms with Gasteiger partial charge in [-0.05, 0) is 38.8 Å². The molecule has 0 radical (unpaired) electrons. The van der Waals surface area contributed by atoms with Crippen molar-refractivity contribution < 1.29 is 9.32 Å². The van der Waals surface area contributed by atoms with Crippen LogP contribution in [0.5, 0.6) is 0 Å². The molecule has 0 saturated carbocycles. The zero-order chi connectivity index (χ0) is 13.4. The molecule has 104 valence electrons. The van der Waals surface area contributed by atoms with Crippen LogP contribution in [0.1, 0.15) is 37.3 Å². The first-order valence-corrected chi connectivity index (χ1v) is 7.11. The second-order valence-electron chi connectivity index (χ2n) is 5.77. The molecule has 2 saturated heterocycles. The summed E-state index contributed by atoms with van der Waals surface area (Å²) in [5.74, 6) is 1.70. The van der Waals surface area contributed by atoms with Crippen molar-refractivity contribution in [2.75, 3.05) is 19.6 Å². The lowest BCUT2D eigenvalue weighted by Gasteiger charge is -2.35. The fourth-order valence-corrected chi connectivity index (χ4v) is 2.99. The van der Waals surface area contributed by atoms with Crippen LogP contribution < -0.4 is 5.32 Å². The number of hydrogen-bond acceptors (Lipinski definition) is 4. The standard InChI is InChI=1S/C14H21N3O2/c1-9-6-13(19-16-9)12-4-3-5-17(12)14(18)10(2)11-7-15-8-11/h6,10-12,15H,3-5,7-8H2,1-2H3. The van der Waals surface area contributed by atoms with E-state index in [4.69, 9.17) is 4.52 Å². The number of aromatic nitrogens is 1. The van der Waals surface area contributed by atoms with Crippen LogP contribution in [0, 0.1) is 18.8 Å². The van der Waals surface area contributed by atoms with E-state index in [9.17, 15) is 4.79 Å². The summed E-state index contributed by atoms with van der Waals surface area (Å²) in [5, 5.41) is 7.17. The average Bonchev–Trinajstić information content (AvgIpc) is 2.93. The Morgan fingerprint density at radius 1 is 1.58 bits per heavy atom. The van der Waals surface area contributed by atoms with Gasteiger partial charge in [0.25, 0.3) is 0 Å². The Hall–Kier alpha value is -1.36. The Bertz CT molecular complexity index is 467. The van der Waals surface area contributed by atoms with Crippen LogP contribution >= 0.6 is 0 Å². The third-order valence-corrected chi connectivity index (χ3v) is 4.42. The number of amides is 1. The molecule has 0 spiro atoms. The maximum Gasteiger partial charge on any atom is 0.226 e. The van der Waals surface area contributed by atoms with Gasteiger partial charge in [0, 0.05) is 18.5 Å². The van der Waals surface area contributed by atoms with E-state index in [1.54, 1.807) is 0 Å². The number of aryl methyl sites for hydroxylation is 1. The van der Waals surface area contributed by atoms with Gasteiger partial charge < -0.3 is 14.7 Å². The third kappa shape index (κ3) is 2.27. The quantitative estimate of drug-likeness (QED) is 0.898. The molecule has 1 aromatic heterocycles. The Morgan fingerprint density at radius 2 is 2.37 bits per heavy atom. The minimum absolute atomic E-state index is 0.0872. The maximum atomic E-state index is 12.6. The molecule has 2 unspecified atom stereocenters. The van der Waals surface area contributed by atoms with Crippen molar-refractivity contribution in [1.29, 1.82) is 0 Å². The van der Waals surface area contributed by atoms with Crippen LogP contribution in [0.4, 0.5) is 0 Å². The van der Waals surface area contributed by atoms with Crippen molar-refractivity contribution in [1.82, 2.24) is 15.4 Å². The lowest BCUT2D eigenvalue weighted by Crippen LogP contribution is -2.50. The smallest absolute Gasteiger partial charge is 0.226 e. The highest BCUT2D eigenvalue weighted by atomic mass is 16.5. The van der Waals surface area contributed by atoms with E-state index >= 15 is 0 Å². The summed E-state index contributed by atoms with van der Waals surface area (Å²) in [5.41, 5.74) is 0.880. The summed E-state index contributed by atoms with van der Waals surface area (Å²) in [6, 6.07) is 2.04. The van der Waals surface area contributed by atoms with Crippen LogP contribution in [0.15, 0.2) is 10.6 Å². The fraction of sp³-hybridized carbons (Fsp3) is 0.714. The van der Waals surface area contributed by atoms with E-state index in [1.807, 2.05) is 17.9 Å². The number of rotatable bonds is 3. The zero-order valence-electron chi connectivity index (χ0n) is 11.6. The fourth-order valence-electron chi connectivity index (χ4n) is 2.99. The van der Waals surface area contributed by atoms with E-state index in [0.717, 1.165) is 43.9 Å². The first-order valence-electron chi connectivity index (χ1n) is 7.11. The molecule has 1 amide bonds. The van der Waals surface area contributed by atoms with Gasteiger partial charge in [-0.1, -0.05) is 12.1 Å². The molecule has 2 atom stereocenters. The number of carbonyl (C=O) groups is 1. The highest BCUT2D eigenvalue weighted by Gasteiger charge is 2.38. The molecule has 2 aliphatic rings. The van der Waals surface area contributed by atoms with Crippen molar-refractivity contribution in [3.05, 3.63) is 17.5 Å². The summed E-state index contributed by atoms with van der Waals surface area (Å²) in [6.45, 7) is 6.74. The van der Waals surface area contributed by atoms with Crippen molar-refractivity contribution >= 4 is 5.91 Å². The molecule has 1 N–H and O–H groups in total. The molecular weight excluding hydrogens is 242 g/mol. The van der Waals surface area contributed by atoms with E-state index < -0.39 is 0 Å². The summed E-state index contributed by atoms with van der Waals surface area (Å²) >= 11 is 0. The number of nitrogens with one attached hydrogen (secondary N) is 1. The van der Waals surface area contributed by atoms with Crippen molar-refractivity contribution in [3.63, 3.8) is 0 Å². The highest BCUT2D eigenvalue weighted by Crippen LogP contribution is 2.34. The van der Waals surface area contributed by atoms with E-state index in [2.05, 4.69) is 17.4 Å². The van der Waals surface area contributed by atoms with Crippen molar-refractivity contribution in [2.24, 2.45) is 11.8 Å². The first-order chi connectivity index (χ1) is 9.16. The van der Waals surface area contributed by atoms with Gasteiger partial charge in [-0.2, -0.15) is 0 Å². The van der Waals surface area contributed by atoms with Crippen LogP contribution in [0.25, 0.3) is 0 Å². The van der Waals surface area contributed by atoms with Gasteiger partial charge >= 0.3 is 0 Å². The minimum atomic E-state index is 0.0872. The molecule has 5 nitrogen and oxygen atoms in total. The Balaban J connectivity index is 1.73. The monoisotopic (exact) mass is 263 g/mol. The lowest BCUT2D eigenvalue weighted by molar-refractivity contribution is -0.138. The lowest BCUT2D eigenvalue weighted by atomic mass is 9.87. The van der Waals surface area contributed by atoms with Gasteiger partial charge in [0.15, 0.2) is 5.76 Å². The number of nitrogens with zero attached hydrogens (tertiary/aromatic N) is 2. The molecule has 3 heterocycles. The van der Waals surface area contributed by atoms with Crippen molar-refractivity contribution in [3.8, 4) is 0 Å². The molecule has 19 heavy (non-hydrogen) atoms. The van der Waals surface area contributed by atoms with Crippen molar-refractivity contribution in [2.45, 2.75) is 32.7 Å². The van der Waals surface area contributed by atoms with E-state index in [0.29, 0.717) is 5.92 Å². The third-order valence-electron chi connectivity index (χ3n) is 4.42. The number of hydrogen-bond donors (Lipinski definition) is 1. The van der Waals surface area contributed by atoms with Gasteiger partial charge in [0.05, 0.1) is 11.7 Å². The number of likely N-dealkylation sites (tertiary alicyclic amines) is 1. The van der Waals surface area contributed by atoms with Gasteiger partial charge in [-0.25, -0.2) is 0 Å². The summed E-state index contributed by atoms with van der Waals surface area (Å²) < 4.78 is 5.35. The SMILES string of the molecule is Cc1cc(C2CCCN2C(=O)C(C)C2CNC2)on1. The molecule has 0 bridgehead atoms. The molecule has 2 fully saturated rings. The van der Waals surface area contributed by atoms with Gasteiger partial charge in [-0.15, -0.1) is 0 Å². The molecule has 0 aliphatic carbocycles. The molecule has 1 aromatic rings. The van der Waals surface area contributed by atoms with E-state index in [-0.39, 0.29) is 17.9 Å². The second-order valence-corrected chi connectivity index (χ2v) is 5.77. The summed E-state index contributed by atoms with van der Waals surface area (Å²) in [6.07, 6.45) is 2.03. The average molecular weight is 263 g/mol. The maximum absolute atomic E-state index is 12.6. The topological polar surface area (TPSA) is 58.4 Å². The number of carbonyl (C=O) groups excluding carboxylic acids is 1. The largest absolute Gasteiger partial charge is 0.359 e.